The summed E-state index contributed by atoms with van der Waals surface area (Å²) in [5.41, 5.74) is 0.741. The average Bonchev–Trinajstić information content (AvgIpc) is 2.89. The molecule has 0 aliphatic carbocycles. The standard InChI is InChI=1S/C26H18ClN5O4S/c27-17-5-3-6-19(15-17)32-24(33)22-8-2-1-7-21(22)23(25(32)34)16-30-18-9-11-20(12-10-18)37(35,36)31-26-28-13-4-14-29-26/h1-16,34H,(H,28,29,31). The molecule has 37 heavy (non-hydrogen) atoms. The highest BCUT2D eigenvalue weighted by molar-refractivity contribution is 7.92. The summed E-state index contributed by atoms with van der Waals surface area (Å²) in [6, 6.07) is 20.9. The van der Waals surface area contributed by atoms with E-state index < -0.39 is 15.6 Å². The highest BCUT2D eigenvalue weighted by atomic mass is 35.5. The third-order valence-corrected chi connectivity index (χ3v) is 7.03. The van der Waals surface area contributed by atoms with Gasteiger partial charge in [0.2, 0.25) is 11.8 Å². The number of halogens is 1. The van der Waals surface area contributed by atoms with Crippen molar-refractivity contribution in [2.75, 3.05) is 4.72 Å². The van der Waals surface area contributed by atoms with E-state index >= 15 is 0 Å². The molecule has 3 aromatic carbocycles. The Morgan fingerprint density at radius 1 is 0.919 bits per heavy atom. The zero-order valence-corrected chi connectivity index (χ0v) is 20.6. The van der Waals surface area contributed by atoms with Gasteiger partial charge in [-0.1, -0.05) is 35.9 Å². The topological polar surface area (TPSA) is 127 Å². The third-order valence-electron chi connectivity index (χ3n) is 5.45. The molecule has 0 saturated carbocycles. The monoisotopic (exact) mass is 531 g/mol. The van der Waals surface area contributed by atoms with Crippen molar-refractivity contribution >= 4 is 50.2 Å². The Morgan fingerprint density at radius 3 is 2.32 bits per heavy atom. The summed E-state index contributed by atoms with van der Waals surface area (Å²) >= 11 is 6.11. The largest absolute Gasteiger partial charge is 0.494 e. The number of rotatable bonds is 6. The lowest BCUT2D eigenvalue weighted by atomic mass is 10.1. The quantitative estimate of drug-likeness (QED) is 0.306. The molecule has 0 bridgehead atoms. The fraction of sp³-hybridized carbons (Fsp3) is 0. The number of aliphatic imine (C=N–C) groups is 1. The fourth-order valence-electron chi connectivity index (χ4n) is 3.73. The van der Waals surface area contributed by atoms with Gasteiger partial charge in [-0.05, 0) is 54.6 Å². The van der Waals surface area contributed by atoms with E-state index in [-0.39, 0.29) is 16.7 Å². The van der Waals surface area contributed by atoms with Crippen LogP contribution >= 0.6 is 11.6 Å². The average molecular weight is 532 g/mol. The highest BCUT2D eigenvalue weighted by Crippen LogP contribution is 2.28. The number of aromatic nitrogens is 3. The molecule has 0 aliphatic rings. The predicted octanol–water partition coefficient (Wildman–Crippen LogP) is 4.69. The third kappa shape index (κ3) is 4.92. The van der Waals surface area contributed by atoms with Crippen LogP contribution in [0.5, 0.6) is 5.88 Å². The molecule has 0 atom stereocenters. The lowest BCUT2D eigenvalue weighted by Gasteiger charge is -2.14. The van der Waals surface area contributed by atoms with E-state index in [0.717, 1.165) is 0 Å². The second kappa shape index (κ2) is 9.84. The van der Waals surface area contributed by atoms with Gasteiger partial charge in [0.05, 0.1) is 21.8 Å². The molecule has 2 N–H and O–H groups in total. The molecule has 0 saturated heterocycles. The van der Waals surface area contributed by atoms with E-state index in [1.54, 1.807) is 54.6 Å². The molecule has 11 heteroatoms. The molecule has 0 unspecified atom stereocenters. The minimum atomic E-state index is -3.89. The van der Waals surface area contributed by atoms with Crippen molar-refractivity contribution in [3.05, 3.63) is 112 Å². The Morgan fingerprint density at radius 2 is 1.62 bits per heavy atom. The number of pyridine rings is 1. The number of aromatic hydroxyl groups is 1. The smallest absolute Gasteiger partial charge is 0.265 e. The molecule has 5 rings (SSSR count). The van der Waals surface area contributed by atoms with Crippen molar-refractivity contribution in [3.63, 3.8) is 0 Å². The van der Waals surface area contributed by atoms with E-state index in [1.165, 1.54) is 47.4 Å². The van der Waals surface area contributed by atoms with Crippen molar-refractivity contribution in [2.45, 2.75) is 4.90 Å². The summed E-state index contributed by atoms with van der Waals surface area (Å²) in [6.07, 6.45) is 4.28. The normalized spacial score (nSPS) is 11.7. The highest BCUT2D eigenvalue weighted by Gasteiger charge is 2.17. The van der Waals surface area contributed by atoms with E-state index in [4.69, 9.17) is 11.6 Å². The van der Waals surface area contributed by atoms with Crippen LogP contribution in [0, 0.1) is 0 Å². The predicted molar refractivity (Wildman–Crippen MR) is 143 cm³/mol. The fourth-order valence-corrected chi connectivity index (χ4v) is 4.87. The maximum Gasteiger partial charge on any atom is 0.265 e. The van der Waals surface area contributed by atoms with Gasteiger partial charge < -0.3 is 5.11 Å². The number of fused-ring (bicyclic) bond motifs is 1. The zero-order chi connectivity index (χ0) is 26.0. The molecule has 2 heterocycles. The molecule has 0 aliphatic heterocycles. The van der Waals surface area contributed by atoms with Gasteiger partial charge in [0.25, 0.3) is 15.6 Å². The van der Waals surface area contributed by atoms with E-state index in [9.17, 15) is 18.3 Å². The summed E-state index contributed by atoms with van der Waals surface area (Å²) in [5.74, 6) is -0.345. The number of anilines is 1. The van der Waals surface area contributed by atoms with Crippen LogP contribution in [-0.2, 0) is 10.0 Å². The Kier molecular flexibility index (Phi) is 6.43. The van der Waals surface area contributed by atoms with E-state index in [2.05, 4.69) is 19.7 Å². The van der Waals surface area contributed by atoms with E-state index in [1.807, 2.05) is 0 Å². The van der Waals surface area contributed by atoms with Crippen molar-refractivity contribution in [1.82, 2.24) is 14.5 Å². The Labute approximate surface area is 216 Å². The molecular formula is C26H18ClN5O4S. The summed E-state index contributed by atoms with van der Waals surface area (Å²) in [4.78, 5) is 25.3. The van der Waals surface area contributed by atoms with Crippen LogP contribution in [0.2, 0.25) is 5.02 Å². The van der Waals surface area contributed by atoms with Crippen molar-refractivity contribution in [3.8, 4) is 11.6 Å². The summed E-state index contributed by atoms with van der Waals surface area (Å²) < 4.78 is 28.7. The summed E-state index contributed by atoms with van der Waals surface area (Å²) in [5, 5.41) is 12.4. The molecular weight excluding hydrogens is 514 g/mol. The minimum absolute atomic E-state index is 0.00158. The van der Waals surface area contributed by atoms with Crippen molar-refractivity contribution < 1.29 is 13.5 Å². The number of benzene rings is 3. The molecule has 184 valence electrons. The van der Waals surface area contributed by atoms with Crippen LogP contribution in [0.4, 0.5) is 11.6 Å². The molecule has 0 spiro atoms. The molecule has 0 radical (unpaired) electrons. The number of sulfonamides is 1. The first-order chi connectivity index (χ1) is 17.8. The van der Waals surface area contributed by atoms with Gasteiger partial charge in [0.15, 0.2) is 0 Å². The number of hydrogen-bond donors (Lipinski definition) is 2. The Bertz CT molecular complexity index is 1810. The summed E-state index contributed by atoms with van der Waals surface area (Å²) in [7, 11) is -3.89. The van der Waals surface area contributed by atoms with Crippen LogP contribution in [0.3, 0.4) is 0 Å². The Balaban J connectivity index is 1.52. The van der Waals surface area contributed by atoms with Crippen molar-refractivity contribution in [2.24, 2.45) is 4.99 Å². The van der Waals surface area contributed by atoms with Crippen LogP contribution in [0.25, 0.3) is 16.5 Å². The maximum absolute atomic E-state index is 13.2. The minimum Gasteiger partial charge on any atom is -0.494 e. The second-order valence-electron chi connectivity index (χ2n) is 7.83. The lowest BCUT2D eigenvalue weighted by molar-refractivity contribution is 0.436. The van der Waals surface area contributed by atoms with Gasteiger partial charge >= 0.3 is 0 Å². The lowest BCUT2D eigenvalue weighted by Crippen LogP contribution is -2.20. The van der Waals surface area contributed by atoms with Crippen LogP contribution in [0.15, 0.2) is 106 Å². The van der Waals surface area contributed by atoms with Gasteiger partial charge in [-0.15, -0.1) is 0 Å². The van der Waals surface area contributed by atoms with Gasteiger partial charge in [-0.25, -0.2) is 27.7 Å². The molecule has 2 aromatic heterocycles. The molecule has 5 aromatic rings. The van der Waals surface area contributed by atoms with Crippen LogP contribution < -0.4 is 10.3 Å². The van der Waals surface area contributed by atoms with Crippen LogP contribution in [0.1, 0.15) is 5.56 Å². The number of hydrogen-bond acceptors (Lipinski definition) is 7. The Hall–Kier alpha value is -4.54. The maximum atomic E-state index is 13.2. The van der Waals surface area contributed by atoms with Gasteiger partial charge in [0.1, 0.15) is 0 Å². The summed E-state index contributed by atoms with van der Waals surface area (Å²) in [6.45, 7) is 0. The molecule has 9 nitrogen and oxygen atoms in total. The van der Waals surface area contributed by atoms with E-state index in [0.29, 0.717) is 32.7 Å². The van der Waals surface area contributed by atoms with Gasteiger partial charge in [-0.3, -0.25) is 9.79 Å². The zero-order valence-electron chi connectivity index (χ0n) is 19.0. The van der Waals surface area contributed by atoms with Crippen LogP contribution in [-0.4, -0.2) is 34.3 Å². The first kappa shape index (κ1) is 24.2. The van der Waals surface area contributed by atoms with Gasteiger partial charge in [0, 0.05) is 34.4 Å². The first-order valence-corrected chi connectivity index (χ1v) is 12.8. The van der Waals surface area contributed by atoms with Crippen molar-refractivity contribution in [1.29, 1.82) is 0 Å². The molecule has 0 amide bonds. The first-order valence-electron chi connectivity index (χ1n) is 10.9. The second-order valence-corrected chi connectivity index (χ2v) is 9.95. The van der Waals surface area contributed by atoms with Gasteiger partial charge in [-0.2, -0.15) is 0 Å². The SMILES string of the molecule is O=c1c2ccccc2c(C=Nc2ccc(S(=O)(=O)Nc3ncccn3)cc2)c(O)n1-c1cccc(Cl)c1. The molecule has 0 fully saturated rings. The number of nitrogens with one attached hydrogen (secondary N) is 1. The number of nitrogens with zero attached hydrogens (tertiary/aromatic N) is 4.